The van der Waals surface area contributed by atoms with Crippen LogP contribution in [0.1, 0.15) is 43.1 Å². The molecule has 194 valence electrons. The van der Waals surface area contributed by atoms with Gasteiger partial charge in [0, 0.05) is 30.3 Å². The molecule has 0 aromatic heterocycles. The Morgan fingerprint density at radius 2 is 1.78 bits per heavy atom. The predicted molar refractivity (Wildman–Crippen MR) is 137 cm³/mol. The molecule has 1 saturated heterocycles. The molecule has 4 amide bonds. The van der Waals surface area contributed by atoms with Crippen molar-refractivity contribution in [3.8, 4) is 11.5 Å². The topological polar surface area (TPSA) is 143 Å². The number of urea groups is 1. The number of hydrogen-bond donors (Lipinski definition) is 3. The number of nitrogens with zero attached hydrogens (tertiary/aromatic N) is 1. The Bertz CT molecular complexity index is 1320. The minimum absolute atomic E-state index is 0.134. The summed E-state index contributed by atoms with van der Waals surface area (Å²) in [6.45, 7) is 6.02. The average Bonchev–Trinajstić information content (AvgIpc) is 2.77. The molecule has 0 atom stereocenters. The summed E-state index contributed by atoms with van der Waals surface area (Å²) in [6, 6.07) is 7.18. The Kier molecular flexibility index (Phi) is 7.48. The number of sulfonamides is 1. The van der Waals surface area contributed by atoms with Crippen molar-refractivity contribution in [3.63, 3.8) is 0 Å². The maximum Gasteiger partial charge on any atom is 0.328 e. The molecule has 1 fully saturated rings. The molecule has 0 aliphatic carbocycles. The zero-order valence-corrected chi connectivity index (χ0v) is 21.8. The van der Waals surface area contributed by atoms with E-state index in [4.69, 9.17) is 9.47 Å². The van der Waals surface area contributed by atoms with Gasteiger partial charge in [-0.1, -0.05) is 20.8 Å². The number of benzene rings is 2. The van der Waals surface area contributed by atoms with Crippen LogP contribution in [0.2, 0.25) is 0 Å². The van der Waals surface area contributed by atoms with Gasteiger partial charge in [-0.2, -0.15) is 0 Å². The number of carbonyl (C=O) groups is 3. The Morgan fingerprint density at radius 1 is 1.08 bits per heavy atom. The molecule has 3 N–H and O–H groups in total. The van der Waals surface area contributed by atoms with Gasteiger partial charge >= 0.3 is 6.03 Å². The lowest BCUT2D eigenvalue weighted by molar-refractivity contribution is -0.120. The van der Waals surface area contributed by atoms with Crippen molar-refractivity contribution in [1.29, 1.82) is 0 Å². The highest BCUT2D eigenvalue weighted by Crippen LogP contribution is 2.39. The van der Waals surface area contributed by atoms with Crippen molar-refractivity contribution >= 4 is 44.9 Å². The summed E-state index contributed by atoms with van der Waals surface area (Å²) in [5.41, 5.74) is 1.42. The maximum absolute atomic E-state index is 13.5. The molecule has 2 aromatic rings. The first-order chi connectivity index (χ1) is 16.7. The van der Waals surface area contributed by atoms with Gasteiger partial charge in [-0.25, -0.2) is 13.2 Å². The summed E-state index contributed by atoms with van der Waals surface area (Å²) in [4.78, 5) is 39.0. The highest BCUT2D eigenvalue weighted by Gasteiger charge is 2.30. The molecule has 0 spiro atoms. The van der Waals surface area contributed by atoms with Crippen LogP contribution in [0.5, 0.6) is 11.5 Å². The fourth-order valence-electron chi connectivity index (χ4n) is 3.79. The molecule has 0 bridgehead atoms. The van der Waals surface area contributed by atoms with E-state index in [0.29, 0.717) is 22.7 Å². The van der Waals surface area contributed by atoms with E-state index >= 15 is 0 Å². The Hall–Kier alpha value is -3.80. The number of rotatable bonds is 7. The lowest BCUT2D eigenvalue weighted by atomic mass is 9.84. The molecule has 12 heteroatoms. The molecule has 36 heavy (non-hydrogen) atoms. The molecule has 11 nitrogen and oxygen atoms in total. The van der Waals surface area contributed by atoms with Gasteiger partial charge in [0.25, 0.3) is 5.91 Å². The van der Waals surface area contributed by atoms with E-state index in [2.05, 4.69) is 15.4 Å². The zero-order chi connectivity index (χ0) is 26.8. The number of amides is 4. The Labute approximate surface area is 210 Å². The number of nitrogens with one attached hydrogen (secondary N) is 3. The van der Waals surface area contributed by atoms with E-state index < -0.39 is 27.4 Å². The van der Waals surface area contributed by atoms with E-state index in [9.17, 15) is 22.8 Å². The smallest absolute Gasteiger partial charge is 0.328 e. The quantitative estimate of drug-likeness (QED) is 0.511. The highest BCUT2D eigenvalue weighted by atomic mass is 32.2. The summed E-state index contributed by atoms with van der Waals surface area (Å²) in [5.74, 6) is -0.321. The fraction of sp³-hybridized carbons (Fsp3) is 0.375. The fourth-order valence-corrected chi connectivity index (χ4v) is 4.34. The first-order valence-electron chi connectivity index (χ1n) is 11.0. The first kappa shape index (κ1) is 26.8. The standard InChI is InChI=1S/C24H30N4O7S/c1-24(2,3)17-13-15(28-10-9-20(29)26-23(28)31)12-16(21(17)35-5)22(30)25-18-8-7-14(11-19(18)34-4)27-36(6,32)33/h7-8,11-13,27H,9-10H2,1-6H3,(H,25,30)(H,26,29,31). The molecule has 3 rings (SSSR count). The van der Waals surface area contributed by atoms with Crippen LogP contribution in [0.25, 0.3) is 0 Å². The van der Waals surface area contributed by atoms with Crippen molar-refractivity contribution in [3.05, 3.63) is 41.5 Å². The van der Waals surface area contributed by atoms with Crippen LogP contribution in [-0.2, 0) is 20.2 Å². The second-order valence-electron chi connectivity index (χ2n) is 9.32. The third-order valence-corrected chi connectivity index (χ3v) is 6.06. The lowest BCUT2D eigenvalue weighted by Crippen LogP contribution is -2.49. The van der Waals surface area contributed by atoms with Crippen molar-refractivity contribution in [2.45, 2.75) is 32.6 Å². The minimum Gasteiger partial charge on any atom is -0.496 e. The predicted octanol–water partition coefficient (Wildman–Crippen LogP) is 3.07. The number of methoxy groups -OCH3 is 2. The van der Waals surface area contributed by atoms with Crippen LogP contribution in [0, 0.1) is 0 Å². The normalized spacial score (nSPS) is 14.2. The van der Waals surface area contributed by atoms with Crippen molar-refractivity contribution in [1.82, 2.24) is 5.32 Å². The second-order valence-corrected chi connectivity index (χ2v) is 11.1. The third-order valence-electron chi connectivity index (χ3n) is 5.45. The van der Waals surface area contributed by atoms with Gasteiger partial charge in [-0.05, 0) is 29.7 Å². The van der Waals surface area contributed by atoms with Crippen molar-refractivity contribution in [2.75, 3.05) is 42.0 Å². The SMILES string of the molecule is COc1cc(NS(C)(=O)=O)ccc1NC(=O)c1cc(N2CCC(=O)NC2=O)cc(C(C)(C)C)c1OC. The molecule has 2 aromatic carbocycles. The van der Waals surface area contributed by atoms with Crippen LogP contribution < -0.4 is 29.7 Å². The lowest BCUT2D eigenvalue weighted by Gasteiger charge is -2.30. The van der Waals surface area contributed by atoms with Gasteiger partial charge in [-0.3, -0.25) is 24.5 Å². The molecule has 0 saturated carbocycles. The highest BCUT2D eigenvalue weighted by molar-refractivity contribution is 7.92. The number of imide groups is 1. The molecule has 0 unspecified atom stereocenters. The number of ether oxygens (including phenoxy) is 2. The third kappa shape index (κ3) is 6.06. The molecule has 1 heterocycles. The van der Waals surface area contributed by atoms with Crippen LogP contribution in [0.4, 0.5) is 21.9 Å². The molecule has 1 aliphatic heterocycles. The number of hydrogen-bond acceptors (Lipinski definition) is 7. The largest absolute Gasteiger partial charge is 0.496 e. The molecule has 0 radical (unpaired) electrons. The Balaban J connectivity index is 2.06. The van der Waals surface area contributed by atoms with E-state index in [0.717, 1.165) is 6.26 Å². The summed E-state index contributed by atoms with van der Waals surface area (Å²) in [7, 11) is -0.649. The van der Waals surface area contributed by atoms with Gasteiger partial charge in [0.15, 0.2) is 0 Å². The molecule has 1 aliphatic rings. The van der Waals surface area contributed by atoms with E-state index in [1.165, 1.54) is 43.4 Å². The monoisotopic (exact) mass is 518 g/mol. The van der Waals surface area contributed by atoms with Crippen molar-refractivity contribution < 1.29 is 32.3 Å². The van der Waals surface area contributed by atoms with Gasteiger partial charge in [-0.15, -0.1) is 0 Å². The number of anilines is 3. The van der Waals surface area contributed by atoms with Gasteiger partial charge in [0.2, 0.25) is 15.9 Å². The van der Waals surface area contributed by atoms with Crippen LogP contribution in [-0.4, -0.2) is 53.3 Å². The maximum atomic E-state index is 13.5. The summed E-state index contributed by atoms with van der Waals surface area (Å²) in [6.07, 6.45) is 1.16. The van der Waals surface area contributed by atoms with Gasteiger partial charge in [0.05, 0.1) is 37.4 Å². The molecular formula is C24H30N4O7S. The van der Waals surface area contributed by atoms with Gasteiger partial charge in [0.1, 0.15) is 11.5 Å². The second kappa shape index (κ2) is 10.1. The first-order valence-corrected chi connectivity index (χ1v) is 12.9. The Morgan fingerprint density at radius 3 is 2.33 bits per heavy atom. The van der Waals surface area contributed by atoms with Crippen LogP contribution >= 0.6 is 0 Å². The van der Waals surface area contributed by atoms with Gasteiger partial charge < -0.3 is 14.8 Å². The summed E-state index contributed by atoms with van der Waals surface area (Å²) < 4.78 is 36.4. The summed E-state index contributed by atoms with van der Waals surface area (Å²) >= 11 is 0. The minimum atomic E-state index is -3.50. The zero-order valence-electron chi connectivity index (χ0n) is 21.0. The van der Waals surface area contributed by atoms with Crippen LogP contribution in [0.15, 0.2) is 30.3 Å². The van der Waals surface area contributed by atoms with Crippen LogP contribution in [0.3, 0.4) is 0 Å². The van der Waals surface area contributed by atoms with E-state index in [-0.39, 0.29) is 35.9 Å². The average molecular weight is 519 g/mol. The van der Waals surface area contributed by atoms with Crippen molar-refractivity contribution in [2.24, 2.45) is 0 Å². The number of carbonyl (C=O) groups excluding carboxylic acids is 3. The summed E-state index contributed by atoms with van der Waals surface area (Å²) in [5, 5.41) is 5.07. The molecular weight excluding hydrogens is 488 g/mol. The van der Waals surface area contributed by atoms with E-state index in [1.807, 2.05) is 20.8 Å². The van der Waals surface area contributed by atoms with E-state index in [1.54, 1.807) is 6.07 Å².